The van der Waals surface area contributed by atoms with E-state index in [1.807, 2.05) is 4.90 Å². The Morgan fingerprint density at radius 2 is 1.83 bits per heavy atom. The van der Waals surface area contributed by atoms with Crippen molar-refractivity contribution < 1.29 is 23.1 Å². The van der Waals surface area contributed by atoms with E-state index in [-0.39, 0.29) is 18.2 Å². The third kappa shape index (κ3) is 5.94. The van der Waals surface area contributed by atoms with E-state index in [4.69, 9.17) is 28.9 Å². The van der Waals surface area contributed by atoms with E-state index in [0.29, 0.717) is 46.8 Å². The van der Waals surface area contributed by atoms with Gasteiger partial charge >= 0.3 is 11.9 Å². The number of hydrogen-bond acceptors (Lipinski definition) is 7. The summed E-state index contributed by atoms with van der Waals surface area (Å²) in [7, 11) is 0. The largest absolute Gasteiger partial charge is 0.416 e. The van der Waals surface area contributed by atoms with Crippen LogP contribution in [0.4, 0.5) is 19.1 Å². The van der Waals surface area contributed by atoms with Gasteiger partial charge < -0.3 is 15.7 Å². The topological polar surface area (TPSA) is 137 Å². The van der Waals surface area contributed by atoms with Crippen molar-refractivity contribution in [2.75, 3.05) is 18.0 Å². The fourth-order valence-corrected chi connectivity index (χ4v) is 4.85. The second kappa shape index (κ2) is 11.2. The summed E-state index contributed by atoms with van der Waals surface area (Å²) in [5.41, 5.74) is 5.38. The third-order valence-corrected chi connectivity index (χ3v) is 7.21. The van der Waals surface area contributed by atoms with Gasteiger partial charge in [-0.1, -0.05) is 35.3 Å². The van der Waals surface area contributed by atoms with E-state index in [2.05, 4.69) is 15.2 Å². The van der Waals surface area contributed by atoms with Crippen molar-refractivity contribution in [3.05, 3.63) is 74.9 Å². The number of rotatable bonds is 8. The van der Waals surface area contributed by atoms with Gasteiger partial charge in [0.1, 0.15) is 6.54 Å². The summed E-state index contributed by atoms with van der Waals surface area (Å²) in [5.74, 6) is -0.493. The van der Waals surface area contributed by atoms with Crippen LogP contribution in [0.3, 0.4) is 0 Å². The van der Waals surface area contributed by atoms with Crippen molar-refractivity contribution in [3.63, 3.8) is 0 Å². The molecule has 41 heavy (non-hydrogen) atoms. The fraction of sp³-hybridized carbons (Fsp3) is 0.320. The molecular formula is C25H23Cl2F3N8O3. The minimum atomic E-state index is -4.96. The summed E-state index contributed by atoms with van der Waals surface area (Å²) < 4.78 is 42.7. The number of para-hydroxylation sites is 1. The molecule has 1 aliphatic rings. The summed E-state index contributed by atoms with van der Waals surface area (Å²) in [6.45, 7) is -0.634. The van der Waals surface area contributed by atoms with Crippen molar-refractivity contribution in [1.29, 1.82) is 0 Å². The predicted octanol–water partition coefficient (Wildman–Crippen LogP) is 2.88. The first-order valence-corrected chi connectivity index (χ1v) is 13.1. The number of anilines is 1. The standard InChI is InChI=1S/C25H23Cl2F3N8O3/c26-16-7-5-14(6-8-16)22-34-37(24(41)36(22)12-19(39)25(28,29)30)13-20-32-23(35-10-9-15(11-35)21(31)40)38(33-20)18-4-2-1-3-17(18)27/h1-8,15,19,39H,9-13H2,(H2,31,40)/t15?,19-/m0/s1. The Bertz CT molecular complexity index is 1630. The van der Waals surface area contributed by atoms with Gasteiger partial charge in [-0.15, -0.1) is 10.2 Å². The molecule has 2 atom stereocenters. The summed E-state index contributed by atoms with van der Waals surface area (Å²) in [4.78, 5) is 31.5. The number of aliphatic hydroxyl groups is 1. The molecule has 0 bridgehead atoms. The number of nitrogens with zero attached hydrogens (tertiary/aromatic N) is 7. The molecule has 1 aliphatic heterocycles. The van der Waals surface area contributed by atoms with Gasteiger partial charge in [-0.05, 0) is 42.8 Å². The molecule has 16 heteroatoms. The average molecular weight is 611 g/mol. The second-order valence-electron chi connectivity index (χ2n) is 9.46. The quantitative estimate of drug-likeness (QED) is 0.313. The summed E-state index contributed by atoms with van der Waals surface area (Å²) >= 11 is 12.4. The molecule has 3 N–H and O–H groups in total. The fourth-order valence-electron chi connectivity index (χ4n) is 4.51. The number of benzene rings is 2. The lowest BCUT2D eigenvalue weighted by atomic mass is 10.1. The van der Waals surface area contributed by atoms with Crippen molar-refractivity contribution in [3.8, 4) is 17.1 Å². The number of nitrogens with two attached hydrogens (primary N) is 1. The molecule has 2 aromatic heterocycles. The third-order valence-electron chi connectivity index (χ3n) is 6.64. The lowest BCUT2D eigenvalue weighted by molar-refractivity contribution is -0.207. The van der Waals surface area contributed by atoms with Gasteiger partial charge in [0.05, 0.1) is 23.2 Å². The zero-order valence-corrected chi connectivity index (χ0v) is 22.7. The van der Waals surface area contributed by atoms with Crippen LogP contribution >= 0.6 is 23.2 Å². The van der Waals surface area contributed by atoms with Crippen LogP contribution in [0.25, 0.3) is 17.1 Å². The number of carbonyl (C=O) groups excluding carboxylic acids is 1. The van der Waals surface area contributed by atoms with Gasteiger partial charge in [0.25, 0.3) is 0 Å². The number of amides is 1. The maximum atomic E-state index is 13.3. The van der Waals surface area contributed by atoms with Gasteiger partial charge in [-0.2, -0.15) is 22.8 Å². The molecule has 2 aromatic carbocycles. The van der Waals surface area contributed by atoms with Gasteiger partial charge in [-0.3, -0.25) is 9.36 Å². The van der Waals surface area contributed by atoms with E-state index in [1.165, 1.54) is 28.9 Å². The first-order valence-electron chi connectivity index (χ1n) is 12.4. The zero-order chi connectivity index (χ0) is 29.5. The molecule has 3 heterocycles. The number of aromatic nitrogens is 6. The van der Waals surface area contributed by atoms with Gasteiger partial charge in [-0.25, -0.2) is 9.48 Å². The molecule has 5 rings (SSSR count). The molecular weight excluding hydrogens is 588 g/mol. The van der Waals surface area contributed by atoms with E-state index < -0.39 is 36.3 Å². The molecule has 0 radical (unpaired) electrons. The van der Waals surface area contributed by atoms with Crippen LogP contribution in [0.5, 0.6) is 0 Å². The molecule has 1 fully saturated rings. The van der Waals surface area contributed by atoms with Crippen molar-refractivity contribution in [2.45, 2.75) is 31.8 Å². The first kappa shape index (κ1) is 28.6. The maximum absolute atomic E-state index is 13.3. The smallest absolute Gasteiger partial charge is 0.382 e. The molecule has 1 saturated heterocycles. The Hall–Kier alpha value is -3.88. The average Bonchev–Trinajstić information content (AvgIpc) is 3.64. The van der Waals surface area contributed by atoms with E-state index in [0.717, 1.165) is 9.25 Å². The van der Waals surface area contributed by atoms with E-state index in [9.17, 15) is 27.9 Å². The molecule has 1 unspecified atom stereocenters. The van der Waals surface area contributed by atoms with Crippen molar-refractivity contribution in [2.24, 2.45) is 11.7 Å². The molecule has 11 nitrogen and oxygen atoms in total. The highest BCUT2D eigenvalue weighted by Crippen LogP contribution is 2.29. The van der Waals surface area contributed by atoms with Gasteiger partial charge in [0, 0.05) is 23.7 Å². The van der Waals surface area contributed by atoms with E-state index >= 15 is 0 Å². The molecule has 4 aromatic rings. The Morgan fingerprint density at radius 3 is 2.46 bits per heavy atom. The Balaban J connectivity index is 1.56. The summed E-state index contributed by atoms with van der Waals surface area (Å²) in [6.07, 6.45) is -7.25. The SMILES string of the molecule is NC(=O)C1CCN(c2nc(Cn3nc(-c4ccc(Cl)cc4)n(C[C@H](O)C(F)(F)F)c3=O)nn2-c2ccccc2Cl)C1. The Labute approximate surface area is 240 Å². The number of carbonyl (C=O) groups is 1. The Kier molecular flexibility index (Phi) is 7.81. The monoisotopic (exact) mass is 610 g/mol. The normalized spacial score (nSPS) is 16.3. The zero-order valence-electron chi connectivity index (χ0n) is 21.2. The highest BCUT2D eigenvalue weighted by atomic mass is 35.5. The predicted molar refractivity (Wildman–Crippen MR) is 144 cm³/mol. The number of halogens is 5. The molecule has 216 valence electrons. The van der Waals surface area contributed by atoms with Crippen LogP contribution in [0, 0.1) is 5.92 Å². The number of aliphatic hydroxyl groups excluding tert-OH is 1. The Morgan fingerprint density at radius 1 is 1.12 bits per heavy atom. The van der Waals surface area contributed by atoms with Crippen LogP contribution in [0.2, 0.25) is 10.0 Å². The lowest BCUT2D eigenvalue weighted by Crippen LogP contribution is -2.37. The van der Waals surface area contributed by atoms with E-state index in [1.54, 1.807) is 24.3 Å². The van der Waals surface area contributed by atoms with Crippen molar-refractivity contribution >= 4 is 35.1 Å². The minimum absolute atomic E-state index is 0.105. The lowest BCUT2D eigenvalue weighted by Gasteiger charge is -2.18. The number of hydrogen-bond donors (Lipinski definition) is 2. The molecule has 0 saturated carbocycles. The highest BCUT2D eigenvalue weighted by Gasteiger charge is 2.39. The summed E-state index contributed by atoms with van der Waals surface area (Å²) in [6, 6.07) is 12.9. The van der Waals surface area contributed by atoms with Crippen LogP contribution < -0.4 is 16.3 Å². The minimum Gasteiger partial charge on any atom is -0.382 e. The van der Waals surface area contributed by atoms with Gasteiger partial charge in [0.2, 0.25) is 11.9 Å². The molecule has 1 amide bonds. The van der Waals surface area contributed by atoms with Crippen LogP contribution in [-0.2, 0) is 17.9 Å². The van der Waals surface area contributed by atoms with Crippen molar-refractivity contribution in [1.82, 2.24) is 29.1 Å². The number of alkyl halides is 3. The van der Waals surface area contributed by atoms with Crippen LogP contribution in [-0.4, -0.2) is 65.5 Å². The maximum Gasteiger partial charge on any atom is 0.416 e. The van der Waals surface area contributed by atoms with Crippen LogP contribution in [0.15, 0.2) is 53.3 Å². The van der Waals surface area contributed by atoms with Gasteiger partial charge in [0.15, 0.2) is 17.8 Å². The molecule has 0 spiro atoms. The number of primary amides is 1. The molecule has 0 aliphatic carbocycles. The highest BCUT2D eigenvalue weighted by molar-refractivity contribution is 6.32. The van der Waals surface area contributed by atoms with Crippen LogP contribution in [0.1, 0.15) is 12.2 Å². The summed E-state index contributed by atoms with van der Waals surface area (Å²) in [5, 5.41) is 19.2. The first-order chi connectivity index (χ1) is 19.4. The second-order valence-corrected chi connectivity index (χ2v) is 10.3.